The van der Waals surface area contributed by atoms with Crippen LogP contribution in [0.5, 0.6) is 5.75 Å². The lowest BCUT2D eigenvalue weighted by Crippen LogP contribution is -2.18. The summed E-state index contributed by atoms with van der Waals surface area (Å²) in [5.74, 6) is 0.541. The molecule has 5 heteroatoms. The molecule has 2 atom stereocenters. The fraction of sp³-hybridized carbons (Fsp3) is 0.538. The maximum Gasteiger partial charge on any atom is 0.573 e. The van der Waals surface area contributed by atoms with Crippen molar-refractivity contribution in [2.45, 2.75) is 25.6 Å². The zero-order valence-corrected chi connectivity index (χ0v) is 10.1. The number of hydrogen-bond acceptors (Lipinski definition) is 2. The molecule has 100 valence electrons. The van der Waals surface area contributed by atoms with E-state index >= 15 is 0 Å². The smallest absolute Gasteiger partial charge is 0.405 e. The predicted octanol–water partition coefficient (Wildman–Crippen LogP) is 3.30. The second-order valence-corrected chi connectivity index (χ2v) is 4.50. The van der Waals surface area contributed by atoms with E-state index in [0.29, 0.717) is 11.5 Å². The third kappa shape index (κ3) is 3.38. The number of hydrogen-bond donors (Lipinski definition) is 1. The van der Waals surface area contributed by atoms with Gasteiger partial charge in [0.2, 0.25) is 0 Å². The number of rotatable bonds is 5. The lowest BCUT2D eigenvalue weighted by molar-refractivity contribution is -0.274. The average Bonchev–Trinajstić information content (AvgIpc) is 3.04. The molecule has 0 saturated heterocycles. The summed E-state index contributed by atoms with van der Waals surface area (Å²) in [6.07, 6.45) is -3.70. The first kappa shape index (κ1) is 13.2. The van der Waals surface area contributed by atoms with Gasteiger partial charge in [-0.3, -0.25) is 0 Å². The van der Waals surface area contributed by atoms with E-state index in [1.165, 1.54) is 6.07 Å². The standard InChI is InChI=1S/C13H16F3NO/c1-2-17-8-9-7-11(9)10-5-3-4-6-12(10)18-13(14,15)16/h3-6,9,11,17H,2,7-8H2,1H3. The fourth-order valence-corrected chi connectivity index (χ4v) is 2.19. The molecule has 0 heterocycles. The summed E-state index contributed by atoms with van der Waals surface area (Å²) in [5, 5.41) is 3.21. The van der Waals surface area contributed by atoms with E-state index in [1.54, 1.807) is 18.2 Å². The first-order valence-electron chi connectivity index (χ1n) is 6.06. The number of para-hydroxylation sites is 1. The molecule has 1 aliphatic rings. The Hall–Kier alpha value is -1.23. The third-order valence-corrected chi connectivity index (χ3v) is 3.12. The van der Waals surface area contributed by atoms with Crippen molar-refractivity contribution in [2.24, 2.45) is 5.92 Å². The molecule has 2 nitrogen and oxygen atoms in total. The Kier molecular flexibility index (Phi) is 3.80. The highest BCUT2D eigenvalue weighted by Gasteiger charge is 2.41. The second kappa shape index (κ2) is 5.18. The highest BCUT2D eigenvalue weighted by atomic mass is 19.4. The molecule has 0 amide bonds. The van der Waals surface area contributed by atoms with Crippen LogP contribution >= 0.6 is 0 Å². The molecule has 2 rings (SSSR count). The maximum atomic E-state index is 12.3. The summed E-state index contributed by atoms with van der Waals surface area (Å²) in [5.41, 5.74) is 0.665. The first-order valence-corrected chi connectivity index (χ1v) is 6.06. The van der Waals surface area contributed by atoms with Gasteiger partial charge in [0, 0.05) is 0 Å². The largest absolute Gasteiger partial charge is 0.573 e. The van der Waals surface area contributed by atoms with E-state index in [4.69, 9.17) is 0 Å². The molecule has 1 aromatic rings. The van der Waals surface area contributed by atoms with Crippen LogP contribution in [-0.2, 0) is 0 Å². The Morgan fingerprint density at radius 1 is 1.33 bits per heavy atom. The van der Waals surface area contributed by atoms with Gasteiger partial charge in [0.05, 0.1) is 0 Å². The highest BCUT2D eigenvalue weighted by Crippen LogP contribution is 2.50. The highest BCUT2D eigenvalue weighted by molar-refractivity contribution is 5.39. The molecule has 1 fully saturated rings. The zero-order chi connectivity index (χ0) is 13.2. The zero-order valence-electron chi connectivity index (χ0n) is 10.1. The number of halogens is 3. The minimum absolute atomic E-state index is 0.0611. The molecule has 0 bridgehead atoms. The quantitative estimate of drug-likeness (QED) is 0.876. The number of benzene rings is 1. The molecule has 1 saturated carbocycles. The predicted molar refractivity (Wildman–Crippen MR) is 62.5 cm³/mol. The molecule has 0 aliphatic heterocycles. The molecule has 0 spiro atoms. The molecule has 1 aliphatic carbocycles. The van der Waals surface area contributed by atoms with Crippen LogP contribution in [0.3, 0.4) is 0 Å². The Labute approximate surface area is 104 Å². The van der Waals surface area contributed by atoms with Gasteiger partial charge in [0.1, 0.15) is 5.75 Å². The van der Waals surface area contributed by atoms with Crippen molar-refractivity contribution in [1.29, 1.82) is 0 Å². The molecule has 1 aromatic carbocycles. The number of ether oxygens (including phenoxy) is 1. The van der Waals surface area contributed by atoms with E-state index in [0.717, 1.165) is 19.5 Å². The monoisotopic (exact) mass is 259 g/mol. The van der Waals surface area contributed by atoms with Gasteiger partial charge in [-0.1, -0.05) is 25.1 Å². The average molecular weight is 259 g/mol. The minimum Gasteiger partial charge on any atom is -0.405 e. The van der Waals surface area contributed by atoms with Gasteiger partial charge in [-0.05, 0) is 43.0 Å². The normalized spacial score (nSPS) is 22.9. The number of alkyl halides is 3. The van der Waals surface area contributed by atoms with Gasteiger partial charge >= 0.3 is 6.36 Å². The first-order chi connectivity index (χ1) is 8.51. The van der Waals surface area contributed by atoms with E-state index in [9.17, 15) is 13.2 Å². The Morgan fingerprint density at radius 3 is 2.72 bits per heavy atom. The van der Waals surface area contributed by atoms with Crippen molar-refractivity contribution in [2.75, 3.05) is 13.1 Å². The maximum absolute atomic E-state index is 12.3. The van der Waals surface area contributed by atoms with Gasteiger partial charge in [0.15, 0.2) is 0 Å². The third-order valence-electron chi connectivity index (χ3n) is 3.12. The van der Waals surface area contributed by atoms with E-state index < -0.39 is 6.36 Å². The van der Waals surface area contributed by atoms with Crippen LogP contribution in [0, 0.1) is 5.92 Å². The van der Waals surface area contributed by atoms with Crippen LogP contribution in [0.4, 0.5) is 13.2 Å². The minimum atomic E-state index is -4.62. The van der Waals surface area contributed by atoms with E-state index in [1.807, 2.05) is 6.92 Å². The summed E-state index contributed by atoms with van der Waals surface area (Å²) in [4.78, 5) is 0. The molecule has 0 radical (unpaired) electrons. The van der Waals surface area contributed by atoms with Crippen molar-refractivity contribution in [1.82, 2.24) is 5.32 Å². The van der Waals surface area contributed by atoms with Crippen LogP contribution in [0.1, 0.15) is 24.8 Å². The van der Waals surface area contributed by atoms with Crippen LogP contribution in [0.2, 0.25) is 0 Å². The molecular formula is C13H16F3NO. The van der Waals surface area contributed by atoms with Crippen LogP contribution in [0.15, 0.2) is 24.3 Å². The lowest BCUT2D eigenvalue weighted by atomic mass is 10.1. The summed E-state index contributed by atoms with van der Waals surface area (Å²) in [6.45, 7) is 3.74. The van der Waals surface area contributed by atoms with Gasteiger partial charge in [-0.2, -0.15) is 0 Å². The summed E-state index contributed by atoms with van der Waals surface area (Å²) in [7, 11) is 0. The van der Waals surface area contributed by atoms with E-state index in [2.05, 4.69) is 10.1 Å². The second-order valence-electron chi connectivity index (χ2n) is 4.50. The van der Waals surface area contributed by atoms with Crippen molar-refractivity contribution in [3.63, 3.8) is 0 Å². The summed E-state index contributed by atoms with van der Waals surface area (Å²) < 4.78 is 40.9. The van der Waals surface area contributed by atoms with Gasteiger partial charge in [-0.25, -0.2) is 0 Å². The topological polar surface area (TPSA) is 21.3 Å². The van der Waals surface area contributed by atoms with Crippen molar-refractivity contribution in [3.8, 4) is 5.75 Å². The van der Waals surface area contributed by atoms with Gasteiger partial charge in [-0.15, -0.1) is 13.2 Å². The molecule has 2 unspecified atom stereocenters. The molecular weight excluding hydrogens is 243 g/mol. The summed E-state index contributed by atoms with van der Waals surface area (Å²) >= 11 is 0. The van der Waals surface area contributed by atoms with Crippen molar-refractivity contribution >= 4 is 0 Å². The fourth-order valence-electron chi connectivity index (χ4n) is 2.19. The Morgan fingerprint density at radius 2 is 2.06 bits per heavy atom. The van der Waals surface area contributed by atoms with Crippen molar-refractivity contribution < 1.29 is 17.9 Å². The van der Waals surface area contributed by atoms with Crippen LogP contribution in [0.25, 0.3) is 0 Å². The van der Waals surface area contributed by atoms with Gasteiger partial charge < -0.3 is 10.1 Å². The van der Waals surface area contributed by atoms with E-state index in [-0.39, 0.29) is 11.7 Å². The van der Waals surface area contributed by atoms with Crippen molar-refractivity contribution in [3.05, 3.63) is 29.8 Å². The van der Waals surface area contributed by atoms with Crippen LogP contribution < -0.4 is 10.1 Å². The van der Waals surface area contributed by atoms with Crippen LogP contribution in [-0.4, -0.2) is 19.5 Å². The molecule has 1 N–H and O–H groups in total. The lowest BCUT2D eigenvalue weighted by Gasteiger charge is -2.13. The molecule has 18 heavy (non-hydrogen) atoms. The van der Waals surface area contributed by atoms with Gasteiger partial charge in [0.25, 0.3) is 0 Å². The Bertz CT molecular complexity index is 405. The summed E-state index contributed by atoms with van der Waals surface area (Å²) in [6, 6.07) is 6.41. The number of nitrogens with one attached hydrogen (secondary N) is 1. The Balaban J connectivity index is 2.05. The SMILES string of the molecule is CCNCC1CC1c1ccccc1OC(F)(F)F. The molecule has 0 aromatic heterocycles.